The van der Waals surface area contributed by atoms with E-state index in [4.69, 9.17) is 14.2 Å². The molecular formula is C14H20O4. The van der Waals surface area contributed by atoms with Crippen molar-refractivity contribution in [2.75, 3.05) is 20.8 Å². The van der Waals surface area contributed by atoms with Gasteiger partial charge in [0.05, 0.1) is 14.2 Å². The van der Waals surface area contributed by atoms with Gasteiger partial charge < -0.3 is 14.2 Å². The Labute approximate surface area is 108 Å². The number of ketones is 1. The van der Waals surface area contributed by atoms with E-state index in [2.05, 4.69) is 0 Å². The number of ether oxygens (including phenoxy) is 3. The van der Waals surface area contributed by atoms with Crippen molar-refractivity contribution in [2.24, 2.45) is 5.92 Å². The molecule has 0 atom stereocenters. The van der Waals surface area contributed by atoms with Gasteiger partial charge in [0, 0.05) is 5.92 Å². The van der Waals surface area contributed by atoms with Gasteiger partial charge in [-0.2, -0.15) is 0 Å². The Hall–Kier alpha value is -1.71. The summed E-state index contributed by atoms with van der Waals surface area (Å²) in [5, 5.41) is 0. The SMILES string of the molecule is COc1cc(C)cc(OC)c1OCC(=O)C(C)C. The van der Waals surface area contributed by atoms with Crippen molar-refractivity contribution in [3.63, 3.8) is 0 Å². The monoisotopic (exact) mass is 252 g/mol. The van der Waals surface area contributed by atoms with Crippen LogP contribution in [0.15, 0.2) is 12.1 Å². The zero-order valence-corrected chi connectivity index (χ0v) is 11.6. The molecule has 0 spiro atoms. The minimum Gasteiger partial charge on any atom is -0.493 e. The van der Waals surface area contributed by atoms with Crippen LogP contribution in [0.25, 0.3) is 0 Å². The zero-order chi connectivity index (χ0) is 13.7. The number of rotatable bonds is 6. The highest BCUT2D eigenvalue weighted by Crippen LogP contribution is 2.38. The third-order valence-electron chi connectivity index (χ3n) is 2.61. The Balaban J connectivity index is 2.95. The van der Waals surface area contributed by atoms with Crippen LogP contribution in [0, 0.1) is 12.8 Å². The van der Waals surface area contributed by atoms with E-state index >= 15 is 0 Å². The van der Waals surface area contributed by atoms with Gasteiger partial charge in [0.2, 0.25) is 5.75 Å². The molecule has 18 heavy (non-hydrogen) atoms. The molecule has 1 rings (SSSR count). The molecule has 0 unspecified atom stereocenters. The van der Waals surface area contributed by atoms with Crippen LogP contribution in [-0.2, 0) is 4.79 Å². The fraction of sp³-hybridized carbons (Fsp3) is 0.500. The highest BCUT2D eigenvalue weighted by Gasteiger charge is 2.15. The molecule has 0 bridgehead atoms. The third kappa shape index (κ3) is 3.39. The van der Waals surface area contributed by atoms with Gasteiger partial charge in [-0.3, -0.25) is 4.79 Å². The fourth-order valence-electron chi connectivity index (χ4n) is 1.46. The molecule has 4 nitrogen and oxygen atoms in total. The standard InChI is InChI=1S/C14H20O4/c1-9(2)11(15)8-18-14-12(16-4)6-10(3)7-13(14)17-5/h6-7,9H,8H2,1-5H3. The van der Waals surface area contributed by atoms with Crippen LogP contribution < -0.4 is 14.2 Å². The summed E-state index contributed by atoms with van der Waals surface area (Å²) in [5.74, 6) is 1.61. The first-order valence-electron chi connectivity index (χ1n) is 5.87. The second-order valence-electron chi connectivity index (χ2n) is 4.41. The Morgan fingerprint density at radius 2 is 1.67 bits per heavy atom. The maximum atomic E-state index is 11.6. The van der Waals surface area contributed by atoms with Gasteiger partial charge in [0.25, 0.3) is 0 Å². The quantitative estimate of drug-likeness (QED) is 0.780. The molecule has 0 aliphatic heterocycles. The highest BCUT2D eigenvalue weighted by molar-refractivity contribution is 5.82. The van der Waals surface area contributed by atoms with E-state index in [0.717, 1.165) is 5.56 Å². The van der Waals surface area contributed by atoms with Gasteiger partial charge in [-0.05, 0) is 24.6 Å². The van der Waals surface area contributed by atoms with E-state index in [1.165, 1.54) is 0 Å². The van der Waals surface area contributed by atoms with E-state index in [9.17, 15) is 4.79 Å². The summed E-state index contributed by atoms with van der Waals surface area (Å²) in [4.78, 5) is 11.6. The van der Waals surface area contributed by atoms with Gasteiger partial charge >= 0.3 is 0 Å². The van der Waals surface area contributed by atoms with Crippen molar-refractivity contribution in [2.45, 2.75) is 20.8 Å². The van der Waals surface area contributed by atoms with E-state index in [0.29, 0.717) is 17.2 Å². The zero-order valence-electron chi connectivity index (χ0n) is 11.6. The first kappa shape index (κ1) is 14.4. The number of hydrogen-bond donors (Lipinski definition) is 0. The molecule has 0 aromatic heterocycles. The van der Waals surface area contributed by atoms with Gasteiger partial charge in [-0.15, -0.1) is 0 Å². The predicted octanol–water partition coefficient (Wildman–Crippen LogP) is 2.62. The van der Waals surface area contributed by atoms with E-state index in [1.54, 1.807) is 14.2 Å². The molecule has 1 aromatic rings. The molecule has 0 amide bonds. The molecule has 0 aliphatic carbocycles. The molecule has 100 valence electrons. The Morgan fingerprint density at radius 1 is 1.17 bits per heavy atom. The number of aryl methyl sites for hydroxylation is 1. The van der Waals surface area contributed by atoms with Gasteiger partial charge in [-0.1, -0.05) is 13.8 Å². The molecule has 0 saturated carbocycles. The minimum absolute atomic E-state index is 0.0213. The second-order valence-corrected chi connectivity index (χ2v) is 4.41. The molecule has 0 radical (unpaired) electrons. The summed E-state index contributed by atoms with van der Waals surface area (Å²) in [6.07, 6.45) is 0. The lowest BCUT2D eigenvalue weighted by Crippen LogP contribution is -2.17. The lowest BCUT2D eigenvalue weighted by atomic mass is 10.1. The summed E-state index contributed by atoms with van der Waals surface area (Å²) in [6, 6.07) is 3.69. The molecule has 1 aromatic carbocycles. The molecule has 0 fully saturated rings. The predicted molar refractivity (Wildman–Crippen MR) is 69.6 cm³/mol. The van der Waals surface area contributed by atoms with Gasteiger partial charge in [-0.25, -0.2) is 0 Å². The minimum atomic E-state index is -0.0487. The number of carbonyl (C=O) groups excluding carboxylic acids is 1. The van der Waals surface area contributed by atoms with Crippen LogP contribution in [0.1, 0.15) is 19.4 Å². The van der Waals surface area contributed by atoms with Gasteiger partial charge in [0.1, 0.15) is 6.61 Å². The van der Waals surface area contributed by atoms with E-state index in [1.807, 2.05) is 32.9 Å². The van der Waals surface area contributed by atoms with E-state index in [-0.39, 0.29) is 18.3 Å². The lowest BCUT2D eigenvalue weighted by Gasteiger charge is -2.15. The van der Waals surface area contributed by atoms with Crippen LogP contribution in [0.3, 0.4) is 0 Å². The number of carbonyl (C=O) groups is 1. The number of benzene rings is 1. The summed E-state index contributed by atoms with van der Waals surface area (Å²) >= 11 is 0. The molecule has 0 saturated heterocycles. The van der Waals surface area contributed by atoms with Crippen LogP contribution >= 0.6 is 0 Å². The highest BCUT2D eigenvalue weighted by atomic mass is 16.5. The smallest absolute Gasteiger partial charge is 0.203 e. The molecule has 0 heterocycles. The maximum Gasteiger partial charge on any atom is 0.203 e. The van der Waals surface area contributed by atoms with Crippen molar-refractivity contribution >= 4 is 5.78 Å². The molecule has 0 aliphatic rings. The van der Waals surface area contributed by atoms with Crippen LogP contribution in [0.4, 0.5) is 0 Å². The number of hydrogen-bond acceptors (Lipinski definition) is 4. The van der Waals surface area contributed by atoms with E-state index < -0.39 is 0 Å². The number of Topliss-reactive ketones (excluding diaryl/α,β-unsaturated/α-hetero) is 1. The summed E-state index contributed by atoms with van der Waals surface area (Å²) < 4.78 is 16.0. The molecule has 0 N–H and O–H groups in total. The molecular weight excluding hydrogens is 232 g/mol. The lowest BCUT2D eigenvalue weighted by molar-refractivity contribution is -0.123. The van der Waals surface area contributed by atoms with Crippen molar-refractivity contribution < 1.29 is 19.0 Å². The second kappa shape index (κ2) is 6.28. The first-order chi connectivity index (χ1) is 8.49. The average Bonchev–Trinajstić information content (AvgIpc) is 2.35. The average molecular weight is 252 g/mol. The topological polar surface area (TPSA) is 44.8 Å². The summed E-state index contributed by atoms with van der Waals surface area (Å²) in [5.41, 5.74) is 1.01. The summed E-state index contributed by atoms with van der Waals surface area (Å²) in [7, 11) is 3.12. The third-order valence-corrected chi connectivity index (χ3v) is 2.61. The van der Waals surface area contributed by atoms with Crippen molar-refractivity contribution in [1.29, 1.82) is 0 Å². The van der Waals surface area contributed by atoms with Crippen LogP contribution in [0.2, 0.25) is 0 Å². The van der Waals surface area contributed by atoms with Gasteiger partial charge in [0.15, 0.2) is 17.3 Å². The van der Waals surface area contributed by atoms with Crippen molar-refractivity contribution in [3.05, 3.63) is 17.7 Å². The maximum absolute atomic E-state index is 11.6. The Morgan fingerprint density at radius 3 is 2.06 bits per heavy atom. The first-order valence-corrected chi connectivity index (χ1v) is 5.87. The normalized spacial score (nSPS) is 10.3. The van der Waals surface area contributed by atoms with Crippen LogP contribution in [0.5, 0.6) is 17.2 Å². The Bertz CT molecular complexity index is 399. The van der Waals surface area contributed by atoms with Crippen LogP contribution in [-0.4, -0.2) is 26.6 Å². The summed E-state index contributed by atoms with van der Waals surface area (Å²) in [6.45, 7) is 5.64. The van der Waals surface area contributed by atoms with Crippen molar-refractivity contribution in [1.82, 2.24) is 0 Å². The number of methoxy groups -OCH3 is 2. The Kier molecular flexibility index (Phi) is 5.01. The fourth-order valence-corrected chi connectivity index (χ4v) is 1.46. The van der Waals surface area contributed by atoms with Crippen molar-refractivity contribution in [3.8, 4) is 17.2 Å². The molecule has 4 heteroatoms. The largest absolute Gasteiger partial charge is 0.493 e.